The zero-order chi connectivity index (χ0) is 13.0. The number of amides is 1. The smallest absolute Gasteiger partial charge is 0.225 e. The summed E-state index contributed by atoms with van der Waals surface area (Å²) in [4.78, 5) is 14.1. The van der Waals surface area contributed by atoms with Crippen molar-refractivity contribution in [3.05, 3.63) is 30.1 Å². The minimum Gasteiger partial charge on any atom is -0.326 e. The Kier molecular flexibility index (Phi) is 4.31. The van der Waals surface area contributed by atoms with Gasteiger partial charge in [-0.25, -0.2) is 4.39 Å². The minimum atomic E-state index is -0.292. The van der Waals surface area contributed by atoms with Gasteiger partial charge in [0, 0.05) is 18.2 Å². The molecular formula is C14H19FN2O. The number of carbonyl (C=O) groups is 1. The number of halogens is 1. The molecule has 0 aliphatic carbocycles. The number of nitrogens with zero attached hydrogens (tertiary/aromatic N) is 1. The Labute approximate surface area is 107 Å². The van der Waals surface area contributed by atoms with E-state index in [1.54, 1.807) is 12.1 Å². The molecule has 1 atom stereocenters. The molecule has 1 unspecified atom stereocenters. The molecule has 0 radical (unpaired) electrons. The molecule has 1 aromatic rings. The summed E-state index contributed by atoms with van der Waals surface area (Å²) in [7, 11) is 2.06. The maximum atomic E-state index is 12.7. The van der Waals surface area contributed by atoms with Gasteiger partial charge in [-0.05, 0) is 50.7 Å². The summed E-state index contributed by atoms with van der Waals surface area (Å²) in [6, 6.07) is 6.19. The Balaban J connectivity index is 1.86. The van der Waals surface area contributed by atoms with E-state index in [9.17, 15) is 9.18 Å². The van der Waals surface area contributed by atoms with Crippen molar-refractivity contribution >= 4 is 11.6 Å². The highest BCUT2D eigenvalue weighted by molar-refractivity contribution is 5.91. The lowest BCUT2D eigenvalue weighted by molar-refractivity contribution is -0.117. The van der Waals surface area contributed by atoms with Gasteiger partial charge < -0.3 is 10.2 Å². The average Bonchev–Trinajstić information content (AvgIpc) is 2.35. The van der Waals surface area contributed by atoms with Gasteiger partial charge in [0.05, 0.1) is 0 Å². The van der Waals surface area contributed by atoms with Gasteiger partial charge in [-0.3, -0.25) is 4.79 Å². The third kappa shape index (κ3) is 3.53. The van der Waals surface area contributed by atoms with Gasteiger partial charge in [-0.2, -0.15) is 0 Å². The number of likely N-dealkylation sites (tertiary alicyclic amines) is 1. The van der Waals surface area contributed by atoms with E-state index >= 15 is 0 Å². The second kappa shape index (κ2) is 5.96. The summed E-state index contributed by atoms with van der Waals surface area (Å²) in [5, 5.41) is 2.80. The van der Waals surface area contributed by atoms with Crippen LogP contribution in [0.5, 0.6) is 0 Å². The zero-order valence-corrected chi connectivity index (χ0v) is 10.7. The van der Waals surface area contributed by atoms with Crippen molar-refractivity contribution in [1.29, 1.82) is 0 Å². The maximum absolute atomic E-state index is 12.7. The van der Waals surface area contributed by atoms with Crippen LogP contribution in [0.2, 0.25) is 0 Å². The molecule has 1 amide bonds. The van der Waals surface area contributed by atoms with E-state index in [1.165, 1.54) is 25.0 Å². The van der Waals surface area contributed by atoms with Crippen LogP contribution in [0.15, 0.2) is 24.3 Å². The van der Waals surface area contributed by atoms with E-state index in [1.807, 2.05) is 0 Å². The SMILES string of the molecule is CN1CCCCC1CC(=O)Nc1ccc(F)cc1. The Morgan fingerprint density at radius 3 is 2.78 bits per heavy atom. The molecule has 1 N–H and O–H groups in total. The lowest BCUT2D eigenvalue weighted by atomic mass is 10.00. The number of rotatable bonds is 3. The molecule has 1 fully saturated rings. The van der Waals surface area contributed by atoms with Gasteiger partial charge in [0.15, 0.2) is 0 Å². The first-order valence-corrected chi connectivity index (χ1v) is 6.41. The summed E-state index contributed by atoms with van der Waals surface area (Å²) >= 11 is 0. The lowest BCUT2D eigenvalue weighted by Gasteiger charge is -2.31. The summed E-state index contributed by atoms with van der Waals surface area (Å²) in [5.41, 5.74) is 0.653. The monoisotopic (exact) mass is 250 g/mol. The van der Waals surface area contributed by atoms with Crippen LogP contribution in [0.25, 0.3) is 0 Å². The molecule has 3 nitrogen and oxygen atoms in total. The number of anilines is 1. The number of benzene rings is 1. The van der Waals surface area contributed by atoms with E-state index in [-0.39, 0.29) is 11.7 Å². The van der Waals surface area contributed by atoms with Crippen molar-refractivity contribution in [3.63, 3.8) is 0 Å². The van der Waals surface area contributed by atoms with E-state index in [0.29, 0.717) is 18.2 Å². The quantitative estimate of drug-likeness (QED) is 0.894. The normalized spacial score (nSPS) is 20.7. The first kappa shape index (κ1) is 13.0. The fraction of sp³-hybridized carbons (Fsp3) is 0.500. The Morgan fingerprint density at radius 1 is 1.39 bits per heavy atom. The number of nitrogens with one attached hydrogen (secondary N) is 1. The molecule has 1 aromatic carbocycles. The minimum absolute atomic E-state index is 0.000332. The molecule has 0 bridgehead atoms. The predicted molar refractivity (Wildman–Crippen MR) is 69.9 cm³/mol. The van der Waals surface area contributed by atoms with E-state index in [0.717, 1.165) is 13.0 Å². The molecule has 4 heteroatoms. The fourth-order valence-electron chi connectivity index (χ4n) is 2.36. The number of hydrogen-bond donors (Lipinski definition) is 1. The highest BCUT2D eigenvalue weighted by atomic mass is 19.1. The van der Waals surface area contributed by atoms with Crippen LogP contribution in [0.3, 0.4) is 0 Å². The van der Waals surface area contributed by atoms with E-state index in [4.69, 9.17) is 0 Å². The molecule has 1 aliphatic heterocycles. The third-order valence-corrected chi connectivity index (χ3v) is 3.47. The standard InChI is InChI=1S/C14H19FN2O/c1-17-9-3-2-4-13(17)10-14(18)16-12-7-5-11(15)6-8-12/h5-8,13H,2-4,9-10H2,1H3,(H,16,18). The Morgan fingerprint density at radius 2 is 2.11 bits per heavy atom. The first-order valence-electron chi connectivity index (χ1n) is 6.41. The summed E-state index contributed by atoms with van der Waals surface area (Å²) in [6.45, 7) is 1.06. The molecule has 2 rings (SSSR count). The van der Waals surface area contributed by atoms with Crippen molar-refractivity contribution < 1.29 is 9.18 Å². The van der Waals surface area contributed by atoms with Crippen LogP contribution >= 0.6 is 0 Å². The largest absolute Gasteiger partial charge is 0.326 e. The highest BCUT2D eigenvalue weighted by Crippen LogP contribution is 2.18. The van der Waals surface area contributed by atoms with Crippen molar-refractivity contribution in [2.45, 2.75) is 31.7 Å². The summed E-state index contributed by atoms with van der Waals surface area (Å²) < 4.78 is 12.7. The lowest BCUT2D eigenvalue weighted by Crippen LogP contribution is -2.38. The topological polar surface area (TPSA) is 32.3 Å². The Bertz CT molecular complexity index is 405. The van der Waals surface area contributed by atoms with Gasteiger partial charge in [0.2, 0.25) is 5.91 Å². The molecule has 98 valence electrons. The fourth-order valence-corrected chi connectivity index (χ4v) is 2.36. The van der Waals surface area contributed by atoms with Crippen LogP contribution in [0.1, 0.15) is 25.7 Å². The number of carbonyl (C=O) groups excluding carboxylic acids is 1. The van der Waals surface area contributed by atoms with Crippen molar-refractivity contribution in [3.8, 4) is 0 Å². The summed E-state index contributed by atoms with van der Waals surface area (Å²) in [6.07, 6.45) is 3.99. The Hall–Kier alpha value is -1.42. The molecule has 0 saturated carbocycles. The van der Waals surface area contributed by atoms with Crippen molar-refractivity contribution in [1.82, 2.24) is 4.90 Å². The number of hydrogen-bond acceptors (Lipinski definition) is 2. The van der Waals surface area contributed by atoms with Gasteiger partial charge in [-0.15, -0.1) is 0 Å². The van der Waals surface area contributed by atoms with Gasteiger partial charge in [-0.1, -0.05) is 6.42 Å². The summed E-state index contributed by atoms with van der Waals surface area (Å²) in [5.74, 6) is -0.291. The predicted octanol–water partition coefficient (Wildman–Crippen LogP) is 2.64. The maximum Gasteiger partial charge on any atom is 0.225 e. The van der Waals surface area contributed by atoms with Gasteiger partial charge in [0.25, 0.3) is 0 Å². The molecular weight excluding hydrogens is 231 g/mol. The van der Waals surface area contributed by atoms with E-state index in [2.05, 4.69) is 17.3 Å². The highest BCUT2D eigenvalue weighted by Gasteiger charge is 2.21. The third-order valence-electron chi connectivity index (χ3n) is 3.47. The molecule has 1 aliphatic rings. The van der Waals surface area contributed by atoms with Crippen molar-refractivity contribution in [2.24, 2.45) is 0 Å². The number of piperidine rings is 1. The molecule has 1 heterocycles. The van der Waals surface area contributed by atoms with Crippen molar-refractivity contribution in [2.75, 3.05) is 18.9 Å². The zero-order valence-electron chi connectivity index (χ0n) is 10.7. The van der Waals surface area contributed by atoms with Crippen LogP contribution < -0.4 is 5.32 Å². The van der Waals surface area contributed by atoms with Crippen LogP contribution in [0.4, 0.5) is 10.1 Å². The second-order valence-corrected chi connectivity index (χ2v) is 4.89. The van der Waals surface area contributed by atoms with Gasteiger partial charge >= 0.3 is 0 Å². The second-order valence-electron chi connectivity index (χ2n) is 4.89. The molecule has 18 heavy (non-hydrogen) atoms. The van der Waals surface area contributed by atoms with Crippen LogP contribution in [0, 0.1) is 5.82 Å². The molecule has 0 spiro atoms. The van der Waals surface area contributed by atoms with Crippen LogP contribution in [-0.2, 0) is 4.79 Å². The molecule has 0 aromatic heterocycles. The van der Waals surface area contributed by atoms with Gasteiger partial charge in [0.1, 0.15) is 5.82 Å². The van der Waals surface area contributed by atoms with Crippen LogP contribution in [-0.4, -0.2) is 30.4 Å². The van der Waals surface area contributed by atoms with E-state index < -0.39 is 0 Å². The average molecular weight is 250 g/mol. The first-order chi connectivity index (χ1) is 8.65. The molecule has 1 saturated heterocycles.